The lowest BCUT2D eigenvalue weighted by Gasteiger charge is -2.36. The van der Waals surface area contributed by atoms with Gasteiger partial charge in [0.1, 0.15) is 4.90 Å². The number of carbonyl (C=O) groups excluding carboxylic acids is 1. The summed E-state index contributed by atoms with van der Waals surface area (Å²) in [6.45, 7) is 2.28. The predicted molar refractivity (Wildman–Crippen MR) is 260 cm³/mol. The van der Waals surface area contributed by atoms with Crippen molar-refractivity contribution in [1.29, 1.82) is 0 Å². The average Bonchev–Trinajstić information content (AvgIpc) is 3.32. The van der Waals surface area contributed by atoms with Crippen LogP contribution in [0.2, 0.25) is 5.02 Å². The second-order valence-electron chi connectivity index (χ2n) is 16.7. The Bertz CT molecular complexity index is 2710. The number of alkyl halides is 3. The summed E-state index contributed by atoms with van der Waals surface area (Å²) in [7, 11) is -9.16. The van der Waals surface area contributed by atoms with Crippen LogP contribution in [0.5, 0.6) is 0 Å². The number of benzene rings is 5. The van der Waals surface area contributed by atoms with Crippen molar-refractivity contribution < 1.29 is 49.8 Å². The molecule has 5 aromatic carbocycles. The van der Waals surface area contributed by atoms with Gasteiger partial charge in [0.15, 0.2) is 0 Å². The van der Waals surface area contributed by atoms with Crippen molar-refractivity contribution in [2.24, 2.45) is 5.92 Å². The smallest absolute Gasteiger partial charge is 0.481 e. The second kappa shape index (κ2) is 23.5. The zero-order chi connectivity index (χ0) is 49.1. The van der Waals surface area contributed by atoms with Gasteiger partial charge in [-0.2, -0.15) is 13.2 Å². The first-order valence-electron chi connectivity index (χ1n) is 22.1. The SMILES string of the molecule is CN(CCCCCC(=O)O)CCC(CSc1ccccc1)Nc1ccc(S(=O)(=O)NC(=O)c2ccc(N3CCC([C@@H](O)c4ccccc4-c4ccc(Cl)cc4)CC3)cc2)cc1S(=O)(=O)C(F)(F)F. The molecule has 19 heteroatoms. The first-order valence-corrected chi connectivity index (χ1v) is 26.4. The second-order valence-corrected chi connectivity index (χ2v) is 21.8. The van der Waals surface area contributed by atoms with Crippen LogP contribution in [0.3, 0.4) is 0 Å². The summed E-state index contributed by atoms with van der Waals surface area (Å²) < 4.78 is 97.9. The van der Waals surface area contributed by atoms with Crippen molar-refractivity contribution in [2.45, 2.75) is 77.3 Å². The molecule has 2 atom stereocenters. The van der Waals surface area contributed by atoms with E-state index in [1.165, 1.54) is 23.9 Å². The van der Waals surface area contributed by atoms with E-state index >= 15 is 0 Å². The van der Waals surface area contributed by atoms with E-state index in [9.17, 15) is 44.7 Å². The molecule has 0 aromatic heterocycles. The van der Waals surface area contributed by atoms with Crippen LogP contribution in [-0.4, -0.2) is 94.4 Å². The third-order valence-electron chi connectivity index (χ3n) is 11.8. The van der Waals surface area contributed by atoms with E-state index in [1.807, 2.05) is 83.4 Å². The van der Waals surface area contributed by atoms with Gasteiger partial charge >= 0.3 is 11.5 Å². The van der Waals surface area contributed by atoms with Crippen molar-refractivity contribution in [2.75, 3.05) is 49.2 Å². The van der Waals surface area contributed by atoms with Crippen molar-refractivity contribution in [1.82, 2.24) is 9.62 Å². The molecule has 1 aliphatic rings. The number of aliphatic carboxylic acids is 1. The lowest BCUT2D eigenvalue weighted by atomic mass is 9.84. The number of sulfonamides is 1. The van der Waals surface area contributed by atoms with Crippen molar-refractivity contribution >= 4 is 66.5 Å². The van der Waals surface area contributed by atoms with E-state index in [2.05, 4.69) is 10.2 Å². The number of nitrogens with one attached hydrogen (secondary N) is 2. The highest BCUT2D eigenvalue weighted by Crippen LogP contribution is 2.39. The van der Waals surface area contributed by atoms with Crippen LogP contribution in [0.25, 0.3) is 11.1 Å². The summed E-state index contributed by atoms with van der Waals surface area (Å²) >= 11 is 7.50. The average molecular weight is 1020 g/mol. The molecule has 0 spiro atoms. The van der Waals surface area contributed by atoms with E-state index < -0.39 is 64.9 Å². The number of halogens is 4. The number of hydrogen-bond acceptors (Lipinski definition) is 11. The highest BCUT2D eigenvalue weighted by molar-refractivity contribution is 7.99. The van der Waals surface area contributed by atoms with Gasteiger partial charge < -0.3 is 25.3 Å². The Morgan fingerprint density at radius 2 is 1.51 bits per heavy atom. The summed E-state index contributed by atoms with van der Waals surface area (Å²) in [6.07, 6.45) is 2.98. The molecule has 0 aliphatic carbocycles. The topological polar surface area (TPSA) is 173 Å². The molecule has 1 aliphatic heterocycles. The molecule has 12 nitrogen and oxygen atoms in total. The van der Waals surface area contributed by atoms with Gasteiger partial charge in [0.2, 0.25) is 0 Å². The number of aliphatic hydroxyl groups is 1. The van der Waals surface area contributed by atoms with Crippen LogP contribution >= 0.6 is 23.4 Å². The summed E-state index contributed by atoms with van der Waals surface area (Å²) in [4.78, 5) is 26.9. The lowest BCUT2D eigenvalue weighted by molar-refractivity contribution is -0.137. The van der Waals surface area contributed by atoms with Gasteiger partial charge in [-0.25, -0.2) is 21.6 Å². The van der Waals surface area contributed by atoms with Crippen molar-refractivity contribution in [3.8, 4) is 11.1 Å². The molecule has 1 unspecified atom stereocenters. The molecule has 0 saturated carbocycles. The fraction of sp³-hybridized carbons (Fsp3) is 0.347. The Kier molecular flexibility index (Phi) is 18.0. The molecule has 364 valence electrons. The number of thioether (sulfide) groups is 1. The Morgan fingerprint density at radius 3 is 2.18 bits per heavy atom. The monoisotopic (exact) mass is 1010 g/mol. The van der Waals surface area contributed by atoms with E-state index in [4.69, 9.17) is 16.7 Å². The van der Waals surface area contributed by atoms with Gasteiger partial charge in [0, 0.05) is 52.5 Å². The maximum Gasteiger partial charge on any atom is 0.501 e. The first-order chi connectivity index (χ1) is 32.3. The van der Waals surface area contributed by atoms with Gasteiger partial charge in [-0.3, -0.25) is 9.59 Å². The molecule has 1 amide bonds. The number of amides is 1. The summed E-state index contributed by atoms with van der Waals surface area (Å²) in [5.41, 5.74) is -2.87. The minimum absolute atomic E-state index is 0.0290. The first kappa shape index (κ1) is 52.3. The van der Waals surface area contributed by atoms with Crippen molar-refractivity contribution in [3.05, 3.63) is 137 Å². The molecule has 1 fully saturated rings. The third kappa shape index (κ3) is 14.0. The van der Waals surface area contributed by atoms with E-state index in [0.29, 0.717) is 75.1 Å². The van der Waals surface area contributed by atoms with Crippen LogP contribution in [0.15, 0.2) is 136 Å². The van der Waals surface area contributed by atoms with Crippen LogP contribution in [-0.2, 0) is 24.7 Å². The molecular formula is C49H54ClF3N4O8S3. The van der Waals surface area contributed by atoms with Gasteiger partial charge in [-0.15, -0.1) is 11.8 Å². The minimum Gasteiger partial charge on any atom is -0.481 e. The third-order valence-corrected chi connectivity index (χ3v) is 16.1. The summed E-state index contributed by atoms with van der Waals surface area (Å²) in [5.74, 6) is -1.68. The number of anilines is 2. The van der Waals surface area contributed by atoms with Crippen molar-refractivity contribution in [3.63, 3.8) is 0 Å². The lowest BCUT2D eigenvalue weighted by Crippen LogP contribution is -2.36. The number of rotatable bonds is 22. The maximum absolute atomic E-state index is 14.2. The number of hydrogen-bond donors (Lipinski definition) is 4. The molecule has 68 heavy (non-hydrogen) atoms. The van der Waals surface area contributed by atoms with Gasteiger partial charge in [0.05, 0.1) is 16.7 Å². The summed E-state index contributed by atoms with van der Waals surface area (Å²) in [6, 6.07) is 32.2. The van der Waals surface area contributed by atoms with Crippen LogP contribution in [0.1, 0.15) is 67.0 Å². The Morgan fingerprint density at radius 1 is 0.853 bits per heavy atom. The van der Waals surface area contributed by atoms with Gasteiger partial charge in [0.25, 0.3) is 25.8 Å². The summed E-state index contributed by atoms with van der Waals surface area (Å²) in [5, 5.41) is 24.0. The quantitative estimate of drug-likeness (QED) is 0.0383. The number of unbranched alkanes of at least 4 members (excludes halogenated alkanes) is 2. The van der Waals surface area contributed by atoms with E-state index in [-0.39, 0.29) is 17.9 Å². The number of piperidine rings is 1. The molecule has 0 radical (unpaired) electrons. The Balaban J connectivity index is 1.12. The number of carboxylic acid groups (broad SMARTS) is 1. The molecule has 1 saturated heterocycles. The number of nitrogens with zero attached hydrogens (tertiary/aromatic N) is 2. The Labute approximate surface area is 404 Å². The molecule has 5 aromatic rings. The molecule has 0 bridgehead atoms. The fourth-order valence-electron chi connectivity index (χ4n) is 8.03. The number of sulfone groups is 1. The molecule has 6 rings (SSSR count). The Hall–Kier alpha value is -5.11. The zero-order valence-corrected chi connectivity index (χ0v) is 40.4. The highest BCUT2D eigenvalue weighted by atomic mass is 35.5. The van der Waals surface area contributed by atoms with Crippen LogP contribution in [0.4, 0.5) is 24.5 Å². The molecular weight excluding hydrogens is 961 g/mol. The number of aliphatic hydroxyl groups excluding tert-OH is 1. The molecule has 1 heterocycles. The van der Waals surface area contributed by atoms with E-state index in [0.717, 1.165) is 45.8 Å². The molecule has 4 N–H and O–H groups in total. The minimum atomic E-state index is -6.11. The van der Waals surface area contributed by atoms with E-state index in [1.54, 1.807) is 24.3 Å². The highest BCUT2D eigenvalue weighted by Gasteiger charge is 2.48. The zero-order valence-electron chi connectivity index (χ0n) is 37.2. The maximum atomic E-state index is 14.2. The normalized spacial score (nSPS) is 14.7. The van der Waals surface area contributed by atoms with Gasteiger partial charge in [-0.1, -0.05) is 72.6 Å². The van der Waals surface area contributed by atoms with Crippen LogP contribution in [0, 0.1) is 5.92 Å². The van der Waals surface area contributed by atoms with Crippen LogP contribution < -0.4 is 14.9 Å². The van der Waals surface area contributed by atoms with Gasteiger partial charge in [-0.05, 0) is 142 Å². The number of carboxylic acids is 1. The fourth-order valence-corrected chi connectivity index (χ4v) is 11.2. The largest absolute Gasteiger partial charge is 0.501 e. The number of carbonyl (C=O) groups is 2. The predicted octanol–water partition coefficient (Wildman–Crippen LogP) is 9.91. The standard InChI is InChI=1S/C49H54ClF3N4O8S3/c1-56(28-9-3-6-14-46(58)59)29-27-38(33-66-40-10-4-2-5-11-40)54-44-24-23-41(32-45(44)67(62,63)49(51,52)53)68(64,65)55-48(61)36-17-21-39(22-18-36)57-30-25-35(26-31-57)47(60)43-13-8-7-12-42(43)34-15-19-37(50)20-16-34/h2,4-5,7-8,10-13,15-24,32,35,38,47,54,60H,3,6,9,14,25-31,33H2,1H3,(H,55,61)(H,58,59)/t38?,47-/m1/s1.